The summed E-state index contributed by atoms with van der Waals surface area (Å²) in [4.78, 5) is 24.7. The van der Waals surface area contributed by atoms with Crippen molar-refractivity contribution < 1.29 is 9.59 Å². The van der Waals surface area contributed by atoms with E-state index in [9.17, 15) is 9.59 Å². The van der Waals surface area contributed by atoms with Gasteiger partial charge < -0.3 is 10.6 Å². The van der Waals surface area contributed by atoms with Crippen molar-refractivity contribution in [3.63, 3.8) is 0 Å². The van der Waals surface area contributed by atoms with Gasteiger partial charge in [0.2, 0.25) is 11.8 Å². The van der Waals surface area contributed by atoms with Crippen LogP contribution in [-0.4, -0.2) is 30.2 Å². The molecular weight excluding hydrogens is 356 g/mol. The van der Waals surface area contributed by atoms with Crippen LogP contribution in [0.5, 0.6) is 0 Å². The van der Waals surface area contributed by atoms with E-state index in [0.29, 0.717) is 19.4 Å². The van der Waals surface area contributed by atoms with Crippen molar-refractivity contribution in [2.24, 2.45) is 0 Å². The van der Waals surface area contributed by atoms with Gasteiger partial charge in [0.05, 0.1) is 6.42 Å². The zero-order valence-electron chi connectivity index (χ0n) is 15.8. The van der Waals surface area contributed by atoms with Gasteiger partial charge in [-0.1, -0.05) is 74.0 Å². The Bertz CT molecular complexity index is 692. The number of rotatable bonds is 11. The number of hydrogen-bond acceptors (Lipinski definition) is 3. The topological polar surface area (TPSA) is 58.2 Å². The second-order valence-corrected chi connectivity index (χ2v) is 7.51. The first-order chi connectivity index (χ1) is 13.2. The van der Waals surface area contributed by atoms with E-state index < -0.39 is 6.04 Å². The summed E-state index contributed by atoms with van der Waals surface area (Å²) < 4.78 is 0. The molecule has 0 aromatic heterocycles. The quantitative estimate of drug-likeness (QED) is 0.583. The Balaban J connectivity index is 1.70. The molecule has 2 N–H and O–H groups in total. The van der Waals surface area contributed by atoms with E-state index in [1.165, 1.54) is 5.56 Å². The van der Waals surface area contributed by atoms with Gasteiger partial charge >= 0.3 is 0 Å². The van der Waals surface area contributed by atoms with E-state index in [0.717, 1.165) is 23.5 Å². The lowest BCUT2D eigenvalue weighted by molar-refractivity contribution is -0.128. The first-order valence-electron chi connectivity index (χ1n) is 9.41. The second-order valence-electron chi connectivity index (χ2n) is 6.40. The van der Waals surface area contributed by atoms with Crippen LogP contribution in [0.25, 0.3) is 0 Å². The minimum Gasteiger partial charge on any atom is -0.353 e. The van der Waals surface area contributed by atoms with Gasteiger partial charge in [-0.05, 0) is 17.5 Å². The van der Waals surface area contributed by atoms with Crippen LogP contribution in [0.1, 0.15) is 30.9 Å². The highest BCUT2D eigenvalue weighted by Gasteiger charge is 2.19. The number of hydrogen-bond donors (Lipinski definition) is 2. The third-order valence-electron chi connectivity index (χ3n) is 4.09. The highest BCUT2D eigenvalue weighted by atomic mass is 32.2. The van der Waals surface area contributed by atoms with E-state index in [1.54, 1.807) is 11.8 Å². The molecule has 4 nitrogen and oxygen atoms in total. The second kappa shape index (κ2) is 12.2. The summed E-state index contributed by atoms with van der Waals surface area (Å²) in [6, 6.07) is 19.4. The molecule has 0 aliphatic rings. The van der Waals surface area contributed by atoms with Crippen molar-refractivity contribution >= 4 is 23.6 Å². The van der Waals surface area contributed by atoms with Crippen molar-refractivity contribution in [1.82, 2.24) is 10.6 Å². The van der Waals surface area contributed by atoms with Gasteiger partial charge in [0.15, 0.2) is 0 Å². The van der Waals surface area contributed by atoms with Gasteiger partial charge in [0, 0.05) is 18.1 Å². The van der Waals surface area contributed by atoms with Gasteiger partial charge in [-0.2, -0.15) is 11.8 Å². The number of thioether (sulfide) groups is 1. The molecule has 0 heterocycles. The van der Waals surface area contributed by atoms with Crippen LogP contribution in [0.2, 0.25) is 0 Å². The molecule has 0 aliphatic heterocycles. The molecule has 2 aromatic rings. The molecule has 0 bridgehead atoms. The molecule has 144 valence electrons. The third-order valence-corrected chi connectivity index (χ3v) is 5.12. The van der Waals surface area contributed by atoms with Crippen LogP contribution >= 0.6 is 11.8 Å². The predicted octanol–water partition coefficient (Wildman–Crippen LogP) is 3.56. The molecule has 27 heavy (non-hydrogen) atoms. The largest absolute Gasteiger partial charge is 0.353 e. The van der Waals surface area contributed by atoms with E-state index in [1.807, 2.05) is 55.5 Å². The maximum Gasteiger partial charge on any atom is 0.242 e. The monoisotopic (exact) mass is 384 g/mol. The van der Waals surface area contributed by atoms with Gasteiger partial charge in [0.1, 0.15) is 6.04 Å². The van der Waals surface area contributed by atoms with E-state index >= 15 is 0 Å². The molecule has 0 saturated heterocycles. The normalized spacial score (nSPS) is 11.6. The molecule has 2 rings (SSSR count). The number of nitrogens with one attached hydrogen (secondary N) is 2. The SMILES string of the molecule is CCC[C@H](NC(=O)Cc1ccccc1)C(=O)NCCSCc1ccccc1. The zero-order valence-corrected chi connectivity index (χ0v) is 16.6. The fraction of sp³-hybridized carbons (Fsp3) is 0.364. The molecule has 0 unspecified atom stereocenters. The average Bonchev–Trinajstić information content (AvgIpc) is 2.69. The maximum atomic E-state index is 12.4. The molecule has 0 radical (unpaired) electrons. The summed E-state index contributed by atoms with van der Waals surface area (Å²) in [5.74, 6) is 1.56. The van der Waals surface area contributed by atoms with Crippen LogP contribution in [0.3, 0.4) is 0 Å². The van der Waals surface area contributed by atoms with Gasteiger partial charge in [-0.25, -0.2) is 0 Å². The van der Waals surface area contributed by atoms with Crippen molar-refractivity contribution in [3.8, 4) is 0 Å². The Labute approximate surface area is 166 Å². The highest BCUT2D eigenvalue weighted by Crippen LogP contribution is 2.10. The lowest BCUT2D eigenvalue weighted by Gasteiger charge is -2.18. The van der Waals surface area contributed by atoms with Crippen LogP contribution in [0, 0.1) is 0 Å². The molecule has 0 fully saturated rings. The highest BCUT2D eigenvalue weighted by molar-refractivity contribution is 7.98. The Morgan fingerprint density at radius 3 is 2.22 bits per heavy atom. The molecule has 5 heteroatoms. The van der Waals surface area contributed by atoms with Crippen molar-refractivity contribution in [3.05, 3.63) is 71.8 Å². The van der Waals surface area contributed by atoms with Crippen LogP contribution in [-0.2, 0) is 21.8 Å². The molecule has 2 aromatic carbocycles. The number of carbonyl (C=O) groups excluding carboxylic acids is 2. The predicted molar refractivity (Wildman–Crippen MR) is 113 cm³/mol. The minimum absolute atomic E-state index is 0.0985. The lowest BCUT2D eigenvalue weighted by atomic mass is 10.1. The van der Waals surface area contributed by atoms with Gasteiger partial charge in [0.25, 0.3) is 0 Å². The smallest absolute Gasteiger partial charge is 0.242 e. The zero-order chi connectivity index (χ0) is 19.3. The Morgan fingerprint density at radius 1 is 0.963 bits per heavy atom. The fourth-order valence-corrected chi connectivity index (χ4v) is 3.54. The molecule has 2 amide bonds. The Hall–Kier alpha value is -2.27. The van der Waals surface area contributed by atoms with E-state index in [2.05, 4.69) is 22.8 Å². The third kappa shape index (κ3) is 8.31. The van der Waals surface area contributed by atoms with Crippen LogP contribution < -0.4 is 10.6 Å². The van der Waals surface area contributed by atoms with Crippen molar-refractivity contribution in [1.29, 1.82) is 0 Å². The molecular formula is C22H28N2O2S. The number of carbonyl (C=O) groups is 2. The lowest BCUT2D eigenvalue weighted by Crippen LogP contribution is -2.47. The van der Waals surface area contributed by atoms with Gasteiger partial charge in [-0.3, -0.25) is 9.59 Å². The Morgan fingerprint density at radius 2 is 1.59 bits per heavy atom. The summed E-state index contributed by atoms with van der Waals surface area (Å²) in [5.41, 5.74) is 2.23. The number of amides is 2. The summed E-state index contributed by atoms with van der Waals surface area (Å²) >= 11 is 1.79. The van der Waals surface area contributed by atoms with Crippen LogP contribution in [0.15, 0.2) is 60.7 Å². The molecule has 1 atom stereocenters. The standard InChI is InChI=1S/C22H28N2O2S/c1-2-9-20(24-21(25)16-18-10-5-3-6-11-18)22(26)23-14-15-27-17-19-12-7-4-8-13-19/h3-8,10-13,20H,2,9,14-17H2,1H3,(H,23,26)(H,24,25)/t20-/m0/s1. The summed E-state index contributed by atoms with van der Waals surface area (Å²) in [5, 5.41) is 5.82. The summed E-state index contributed by atoms with van der Waals surface area (Å²) in [7, 11) is 0. The first-order valence-corrected chi connectivity index (χ1v) is 10.6. The van der Waals surface area contributed by atoms with Crippen molar-refractivity contribution in [2.45, 2.75) is 38.0 Å². The van der Waals surface area contributed by atoms with Crippen LogP contribution in [0.4, 0.5) is 0 Å². The van der Waals surface area contributed by atoms with E-state index in [4.69, 9.17) is 0 Å². The number of benzene rings is 2. The summed E-state index contributed by atoms with van der Waals surface area (Å²) in [6.07, 6.45) is 1.78. The average molecular weight is 385 g/mol. The first kappa shape index (κ1) is 21.0. The fourth-order valence-electron chi connectivity index (χ4n) is 2.72. The molecule has 0 aliphatic carbocycles. The molecule has 0 saturated carbocycles. The minimum atomic E-state index is -0.467. The van der Waals surface area contributed by atoms with E-state index in [-0.39, 0.29) is 11.8 Å². The molecule has 0 spiro atoms. The maximum absolute atomic E-state index is 12.4. The Kier molecular flexibility index (Phi) is 9.49. The van der Waals surface area contributed by atoms with Crippen molar-refractivity contribution in [2.75, 3.05) is 12.3 Å². The van der Waals surface area contributed by atoms with Gasteiger partial charge in [-0.15, -0.1) is 0 Å². The summed E-state index contributed by atoms with van der Waals surface area (Å²) in [6.45, 7) is 2.62.